The van der Waals surface area contributed by atoms with E-state index in [1.54, 1.807) is 12.1 Å². The number of hydrogen-bond acceptors (Lipinski definition) is 2. The molecule has 4 nitrogen and oxygen atoms in total. The average molecular weight is 367 g/mol. The van der Waals surface area contributed by atoms with E-state index in [4.69, 9.17) is 0 Å². The molecule has 0 aromatic heterocycles. The Morgan fingerprint density at radius 2 is 1.86 bits per heavy atom. The maximum Gasteiger partial charge on any atom is 0.251 e. The molecule has 0 radical (unpaired) electrons. The Kier molecular flexibility index (Phi) is 6.43. The van der Waals surface area contributed by atoms with Gasteiger partial charge in [0.05, 0.1) is 0 Å². The number of nitrogens with one attached hydrogen (secondary N) is 2. The van der Waals surface area contributed by atoms with E-state index >= 15 is 0 Å². The third-order valence-electron chi connectivity index (χ3n) is 4.20. The molecule has 0 heterocycles. The Labute approximate surface area is 140 Å². The molecule has 2 N–H and O–H groups in total. The molecule has 1 aromatic rings. The van der Waals surface area contributed by atoms with Crippen molar-refractivity contribution < 1.29 is 9.59 Å². The quantitative estimate of drug-likeness (QED) is 0.839. The van der Waals surface area contributed by atoms with Crippen molar-refractivity contribution in [3.05, 3.63) is 34.3 Å². The Balaban J connectivity index is 1.70. The number of hydrogen-bond donors (Lipinski definition) is 2. The number of carbonyl (C=O) groups is 2. The summed E-state index contributed by atoms with van der Waals surface area (Å²) in [6.45, 7) is 2.56. The van der Waals surface area contributed by atoms with Crippen LogP contribution in [0.2, 0.25) is 0 Å². The second-order valence-electron chi connectivity index (χ2n) is 5.95. The van der Waals surface area contributed by atoms with E-state index in [-0.39, 0.29) is 11.8 Å². The molecule has 0 bridgehead atoms. The molecule has 22 heavy (non-hydrogen) atoms. The normalized spacial score (nSPS) is 21.2. The summed E-state index contributed by atoms with van der Waals surface area (Å²) < 4.78 is 0.935. The molecule has 0 unspecified atom stereocenters. The van der Waals surface area contributed by atoms with Gasteiger partial charge >= 0.3 is 0 Å². The SMILES string of the molecule is C[C@@H]1CCCC[C@@H]1NC(=O)CCNC(=O)c1ccc(Br)cc1. The summed E-state index contributed by atoms with van der Waals surface area (Å²) in [6.07, 6.45) is 5.03. The van der Waals surface area contributed by atoms with E-state index < -0.39 is 0 Å². The molecule has 1 saturated carbocycles. The van der Waals surface area contributed by atoms with Crippen molar-refractivity contribution in [1.82, 2.24) is 10.6 Å². The predicted molar refractivity (Wildman–Crippen MR) is 90.7 cm³/mol. The van der Waals surface area contributed by atoms with Crippen LogP contribution in [0.3, 0.4) is 0 Å². The lowest BCUT2D eigenvalue weighted by atomic mass is 9.86. The third-order valence-corrected chi connectivity index (χ3v) is 4.73. The minimum atomic E-state index is -0.147. The summed E-state index contributed by atoms with van der Waals surface area (Å²) in [4.78, 5) is 23.9. The van der Waals surface area contributed by atoms with Crippen molar-refractivity contribution >= 4 is 27.7 Å². The number of benzene rings is 1. The number of amides is 2. The third kappa shape index (κ3) is 5.13. The first kappa shape index (κ1) is 17.0. The zero-order chi connectivity index (χ0) is 15.9. The molecule has 2 rings (SSSR count). The van der Waals surface area contributed by atoms with Crippen LogP contribution in [-0.4, -0.2) is 24.4 Å². The fraction of sp³-hybridized carbons (Fsp3) is 0.529. The minimum Gasteiger partial charge on any atom is -0.353 e. The number of carbonyl (C=O) groups excluding carboxylic acids is 2. The Hall–Kier alpha value is -1.36. The van der Waals surface area contributed by atoms with E-state index in [1.165, 1.54) is 19.3 Å². The minimum absolute atomic E-state index is 0.0230. The summed E-state index contributed by atoms with van der Waals surface area (Å²) in [5.74, 6) is 0.427. The van der Waals surface area contributed by atoms with Gasteiger partial charge in [0.1, 0.15) is 0 Å². The zero-order valence-electron chi connectivity index (χ0n) is 12.9. The second kappa shape index (κ2) is 8.32. The van der Waals surface area contributed by atoms with Crippen LogP contribution in [0, 0.1) is 5.92 Å². The molecule has 1 aliphatic carbocycles. The molecule has 1 aromatic carbocycles. The van der Waals surface area contributed by atoms with Crippen LogP contribution in [0.4, 0.5) is 0 Å². The highest BCUT2D eigenvalue weighted by molar-refractivity contribution is 9.10. The van der Waals surface area contributed by atoms with E-state index in [9.17, 15) is 9.59 Å². The molecule has 0 spiro atoms. The maximum atomic E-state index is 12.0. The Bertz CT molecular complexity index is 516. The van der Waals surface area contributed by atoms with Crippen molar-refractivity contribution in [2.24, 2.45) is 5.92 Å². The van der Waals surface area contributed by atoms with Crippen molar-refractivity contribution in [3.63, 3.8) is 0 Å². The lowest BCUT2D eigenvalue weighted by molar-refractivity contribution is -0.122. The van der Waals surface area contributed by atoms with Crippen LogP contribution >= 0.6 is 15.9 Å². The van der Waals surface area contributed by atoms with E-state index in [0.29, 0.717) is 30.5 Å². The maximum absolute atomic E-state index is 12.0. The van der Waals surface area contributed by atoms with Gasteiger partial charge in [0.15, 0.2) is 0 Å². The number of rotatable bonds is 5. The molecule has 2 amide bonds. The zero-order valence-corrected chi connectivity index (χ0v) is 14.5. The smallest absolute Gasteiger partial charge is 0.251 e. The second-order valence-corrected chi connectivity index (χ2v) is 6.86. The van der Waals surface area contributed by atoms with Crippen LogP contribution < -0.4 is 10.6 Å². The molecule has 1 fully saturated rings. The highest BCUT2D eigenvalue weighted by Crippen LogP contribution is 2.23. The van der Waals surface area contributed by atoms with Crippen LogP contribution in [0.1, 0.15) is 49.4 Å². The summed E-state index contributed by atoms with van der Waals surface area (Å²) in [5, 5.41) is 5.88. The van der Waals surface area contributed by atoms with Crippen LogP contribution in [0.15, 0.2) is 28.7 Å². The molecule has 120 valence electrons. The summed E-state index contributed by atoms with van der Waals surface area (Å²) in [7, 11) is 0. The van der Waals surface area contributed by atoms with Crippen molar-refractivity contribution in [3.8, 4) is 0 Å². The van der Waals surface area contributed by atoms with Crippen molar-refractivity contribution in [2.45, 2.75) is 45.1 Å². The Morgan fingerprint density at radius 1 is 1.18 bits per heavy atom. The fourth-order valence-corrected chi connectivity index (χ4v) is 3.07. The topological polar surface area (TPSA) is 58.2 Å². The summed E-state index contributed by atoms with van der Waals surface area (Å²) in [6, 6.07) is 7.45. The average Bonchev–Trinajstić information content (AvgIpc) is 2.50. The van der Waals surface area contributed by atoms with Gasteiger partial charge in [-0.05, 0) is 43.0 Å². The van der Waals surface area contributed by atoms with Crippen LogP contribution in [0.25, 0.3) is 0 Å². The highest BCUT2D eigenvalue weighted by atomic mass is 79.9. The first-order chi connectivity index (χ1) is 10.6. The predicted octanol–water partition coefficient (Wildman–Crippen LogP) is 3.26. The lowest BCUT2D eigenvalue weighted by Gasteiger charge is -2.29. The summed E-state index contributed by atoms with van der Waals surface area (Å²) >= 11 is 3.33. The molecule has 0 saturated heterocycles. The van der Waals surface area contributed by atoms with Crippen molar-refractivity contribution in [1.29, 1.82) is 0 Å². The monoisotopic (exact) mass is 366 g/mol. The van der Waals surface area contributed by atoms with Gasteiger partial charge in [-0.1, -0.05) is 35.7 Å². The van der Waals surface area contributed by atoms with E-state index in [1.807, 2.05) is 12.1 Å². The standard InChI is InChI=1S/C17H23BrN2O2/c1-12-4-2-3-5-15(12)20-16(21)10-11-19-17(22)13-6-8-14(18)9-7-13/h6-9,12,15H,2-5,10-11H2,1H3,(H,19,22)(H,20,21)/t12-,15+/m1/s1. The Morgan fingerprint density at radius 3 is 2.55 bits per heavy atom. The van der Waals surface area contributed by atoms with Crippen LogP contribution in [-0.2, 0) is 4.79 Å². The van der Waals surface area contributed by atoms with Gasteiger partial charge in [0.2, 0.25) is 5.91 Å². The number of halogens is 1. The molecule has 2 atom stereocenters. The van der Waals surface area contributed by atoms with E-state index in [2.05, 4.69) is 33.5 Å². The lowest BCUT2D eigenvalue weighted by Crippen LogP contribution is -2.42. The molecular weight excluding hydrogens is 344 g/mol. The molecule has 0 aliphatic heterocycles. The van der Waals surface area contributed by atoms with Gasteiger partial charge in [-0.3, -0.25) is 9.59 Å². The van der Waals surface area contributed by atoms with E-state index in [0.717, 1.165) is 10.9 Å². The van der Waals surface area contributed by atoms with Crippen molar-refractivity contribution in [2.75, 3.05) is 6.54 Å². The fourth-order valence-electron chi connectivity index (χ4n) is 2.80. The van der Waals surface area contributed by atoms with Gasteiger partial charge in [-0.25, -0.2) is 0 Å². The largest absolute Gasteiger partial charge is 0.353 e. The first-order valence-corrected chi connectivity index (χ1v) is 8.68. The summed E-state index contributed by atoms with van der Waals surface area (Å²) in [5.41, 5.74) is 0.601. The van der Waals surface area contributed by atoms with Gasteiger partial charge in [-0.15, -0.1) is 0 Å². The van der Waals surface area contributed by atoms with Gasteiger partial charge < -0.3 is 10.6 Å². The molecule has 5 heteroatoms. The first-order valence-electron chi connectivity index (χ1n) is 7.89. The molecular formula is C17H23BrN2O2. The van der Waals surface area contributed by atoms with Gasteiger partial charge in [0, 0.05) is 29.0 Å². The molecule has 1 aliphatic rings. The van der Waals surface area contributed by atoms with Gasteiger partial charge in [-0.2, -0.15) is 0 Å². The van der Waals surface area contributed by atoms with Crippen LogP contribution in [0.5, 0.6) is 0 Å². The van der Waals surface area contributed by atoms with Gasteiger partial charge in [0.25, 0.3) is 5.91 Å². The highest BCUT2D eigenvalue weighted by Gasteiger charge is 2.22.